The maximum atomic E-state index is 13.0. The number of ether oxygens (including phenoxy) is 2. The van der Waals surface area contributed by atoms with Gasteiger partial charge in [0, 0.05) is 0 Å². The first-order valence-corrected chi connectivity index (χ1v) is 8.16. The summed E-state index contributed by atoms with van der Waals surface area (Å²) in [5, 5.41) is 2.81. The van der Waals surface area contributed by atoms with E-state index in [4.69, 9.17) is 9.47 Å². The SMILES string of the molecule is C[C@@]1(c2ccc3c(c2)OCCO3)NC(=O)N(Cc2ccccc2)C1=O. The molecule has 128 valence electrons. The van der Waals surface area contributed by atoms with Crippen molar-refractivity contribution in [3.8, 4) is 11.5 Å². The standard InChI is InChI=1S/C19H18N2O4/c1-19(14-7-8-15-16(11-14)25-10-9-24-15)17(22)21(18(23)20-19)12-13-5-3-2-4-6-13/h2-8,11H,9-10,12H2,1H3,(H,20,23)/t19-/m0/s1. The number of carbonyl (C=O) groups excluding carboxylic acids is 2. The van der Waals surface area contributed by atoms with E-state index in [0.29, 0.717) is 30.3 Å². The zero-order chi connectivity index (χ0) is 17.4. The Balaban J connectivity index is 1.64. The van der Waals surface area contributed by atoms with Crippen molar-refractivity contribution in [2.75, 3.05) is 13.2 Å². The Kier molecular flexibility index (Phi) is 3.60. The minimum atomic E-state index is -1.12. The monoisotopic (exact) mass is 338 g/mol. The summed E-state index contributed by atoms with van der Waals surface area (Å²) in [5.41, 5.74) is 0.449. The molecule has 0 unspecified atom stereocenters. The second kappa shape index (κ2) is 5.81. The molecule has 1 atom stereocenters. The van der Waals surface area contributed by atoms with Crippen molar-refractivity contribution >= 4 is 11.9 Å². The van der Waals surface area contributed by atoms with Gasteiger partial charge in [0.2, 0.25) is 0 Å². The Morgan fingerprint density at radius 1 is 1.04 bits per heavy atom. The number of nitrogens with one attached hydrogen (secondary N) is 1. The van der Waals surface area contributed by atoms with Crippen LogP contribution in [0.2, 0.25) is 0 Å². The second-order valence-electron chi connectivity index (χ2n) is 6.29. The fourth-order valence-corrected chi connectivity index (χ4v) is 3.16. The van der Waals surface area contributed by atoms with Crippen LogP contribution in [0.1, 0.15) is 18.1 Å². The van der Waals surface area contributed by atoms with E-state index in [1.54, 1.807) is 25.1 Å². The predicted octanol–water partition coefficient (Wildman–Crippen LogP) is 2.42. The van der Waals surface area contributed by atoms with Crippen molar-refractivity contribution in [1.82, 2.24) is 10.2 Å². The van der Waals surface area contributed by atoms with Gasteiger partial charge in [-0.25, -0.2) is 4.79 Å². The number of benzene rings is 2. The van der Waals surface area contributed by atoms with E-state index in [-0.39, 0.29) is 12.5 Å². The first-order valence-electron chi connectivity index (χ1n) is 8.16. The van der Waals surface area contributed by atoms with E-state index < -0.39 is 11.6 Å². The smallest absolute Gasteiger partial charge is 0.325 e. The van der Waals surface area contributed by atoms with E-state index in [1.807, 2.05) is 30.3 Å². The third-order valence-corrected chi connectivity index (χ3v) is 4.58. The van der Waals surface area contributed by atoms with Crippen molar-refractivity contribution < 1.29 is 19.1 Å². The Labute approximate surface area is 145 Å². The molecule has 0 radical (unpaired) electrons. The van der Waals surface area contributed by atoms with Crippen LogP contribution >= 0.6 is 0 Å². The first kappa shape index (κ1) is 15.5. The minimum Gasteiger partial charge on any atom is -0.486 e. The molecule has 0 aromatic heterocycles. The molecule has 0 saturated carbocycles. The van der Waals surface area contributed by atoms with E-state index >= 15 is 0 Å². The van der Waals surface area contributed by atoms with E-state index in [2.05, 4.69) is 5.32 Å². The molecular weight excluding hydrogens is 320 g/mol. The number of carbonyl (C=O) groups is 2. The van der Waals surface area contributed by atoms with Gasteiger partial charge in [-0.2, -0.15) is 0 Å². The number of urea groups is 1. The van der Waals surface area contributed by atoms with Crippen molar-refractivity contribution in [1.29, 1.82) is 0 Å². The van der Waals surface area contributed by atoms with E-state index in [0.717, 1.165) is 5.56 Å². The van der Waals surface area contributed by atoms with Crippen LogP contribution in [-0.4, -0.2) is 30.1 Å². The molecule has 1 saturated heterocycles. The van der Waals surface area contributed by atoms with Gasteiger partial charge in [-0.3, -0.25) is 9.69 Å². The molecule has 6 heteroatoms. The molecule has 0 aliphatic carbocycles. The third kappa shape index (κ3) is 2.59. The topological polar surface area (TPSA) is 67.9 Å². The van der Waals surface area contributed by atoms with Gasteiger partial charge in [-0.05, 0) is 30.2 Å². The van der Waals surface area contributed by atoms with Gasteiger partial charge in [-0.15, -0.1) is 0 Å². The van der Waals surface area contributed by atoms with Crippen LogP contribution in [0.15, 0.2) is 48.5 Å². The number of hydrogen-bond acceptors (Lipinski definition) is 4. The highest BCUT2D eigenvalue weighted by molar-refractivity contribution is 6.07. The summed E-state index contributed by atoms with van der Waals surface area (Å²) in [6.45, 7) is 2.92. The van der Waals surface area contributed by atoms with Crippen molar-refractivity contribution in [3.63, 3.8) is 0 Å². The van der Waals surface area contributed by atoms with E-state index in [1.165, 1.54) is 4.90 Å². The van der Waals surface area contributed by atoms with Crippen LogP contribution in [0.4, 0.5) is 4.79 Å². The fraction of sp³-hybridized carbons (Fsp3) is 0.263. The summed E-state index contributed by atoms with van der Waals surface area (Å²) in [6, 6.07) is 14.4. The number of rotatable bonds is 3. The lowest BCUT2D eigenvalue weighted by atomic mass is 9.91. The van der Waals surface area contributed by atoms with Gasteiger partial charge in [0.1, 0.15) is 18.8 Å². The molecular formula is C19H18N2O4. The van der Waals surface area contributed by atoms with Gasteiger partial charge >= 0.3 is 6.03 Å². The van der Waals surface area contributed by atoms with Gasteiger partial charge in [0.05, 0.1) is 6.54 Å². The van der Waals surface area contributed by atoms with Crippen LogP contribution in [0, 0.1) is 0 Å². The average Bonchev–Trinajstić information content (AvgIpc) is 2.86. The van der Waals surface area contributed by atoms with Crippen LogP contribution < -0.4 is 14.8 Å². The summed E-state index contributed by atoms with van der Waals surface area (Å²) in [4.78, 5) is 26.6. The molecule has 2 aromatic carbocycles. The zero-order valence-electron chi connectivity index (χ0n) is 13.8. The summed E-state index contributed by atoms with van der Waals surface area (Å²) in [7, 11) is 0. The van der Waals surface area contributed by atoms with Gasteiger partial charge in [-0.1, -0.05) is 36.4 Å². The van der Waals surface area contributed by atoms with Crippen molar-refractivity contribution in [2.45, 2.75) is 19.0 Å². The van der Waals surface area contributed by atoms with Crippen LogP contribution in [0.5, 0.6) is 11.5 Å². The highest BCUT2D eigenvalue weighted by atomic mass is 16.6. The zero-order valence-corrected chi connectivity index (χ0v) is 13.8. The molecule has 25 heavy (non-hydrogen) atoms. The highest BCUT2D eigenvalue weighted by Crippen LogP contribution is 2.37. The van der Waals surface area contributed by atoms with Gasteiger partial charge in [0.15, 0.2) is 11.5 Å². The lowest BCUT2D eigenvalue weighted by molar-refractivity contribution is -0.131. The number of hydrogen-bond donors (Lipinski definition) is 1. The molecule has 2 aliphatic rings. The summed E-state index contributed by atoms with van der Waals surface area (Å²) in [5.74, 6) is 0.961. The number of amides is 3. The average molecular weight is 338 g/mol. The predicted molar refractivity (Wildman–Crippen MR) is 90.3 cm³/mol. The van der Waals surface area contributed by atoms with Crippen LogP contribution in [0.3, 0.4) is 0 Å². The highest BCUT2D eigenvalue weighted by Gasteiger charge is 2.49. The first-order chi connectivity index (χ1) is 12.1. The molecule has 6 nitrogen and oxygen atoms in total. The van der Waals surface area contributed by atoms with Crippen LogP contribution in [-0.2, 0) is 16.9 Å². The normalized spacial score (nSPS) is 22.0. The summed E-state index contributed by atoms with van der Waals surface area (Å²) < 4.78 is 11.1. The maximum absolute atomic E-state index is 13.0. The van der Waals surface area contributed by atoms with Crippen molar-refractivity contribution in [2.24, 2.45) is 0 Å². The molecule has 0 bridgehead atoms. The molecule has 2 aromatic rings. The Bertz CT molecular complexity index is 837. The molecule has 4 rings (SSSR count). The van der Waals surface area contributed by atoms with Gasteiger partial charge < -0.3 is 14.8 Å². The Morgan fingerprint density at radius 3 is 2.52 bits per heavy atom. The fourth-order valence-electron chi connectivity index (χ4n) is 3.16. The molecule has 0 spiro atoms. The molecule has 2 aliphatic heterocycles. The lowest BCUT2D eigenvalue weighted by Crippen LogP contribution is -2.41. The molecule has 3 amide bonds. The molecule has 1 N–H and O–H groups in total. The largest absolute Gasteiger partial charge is 0.486 e. The van der Waals surface area contributed by atoms with Crippen molar-refractivity contribution in [3.05, 3.63) is 59.7 Å². The number of imide groups is 1. The summed E-state index contributed by atoms with van der Waals surface area (Å²) >= 11 is 0. The van der Waals surface area contributed by atoms with Crippen LogP contribution in [0.25, 0.3) is 0 Å². The van der Waals surface area contributed by atoms with E-state index in [9.17, 15) is 9.59 Å². The summed E-state index contributed by atoms with van der Waals surface area (Å²) in [6.07, 6.45) is 0. The second-order valence-corrected chi connectivity index (χ2v) is 6.29. The third-order valence-electron chi connectivity index (χ3n) is 4.58. The quantitative estimate of drug-likeness (QED) is 0.873. The molecule has 1 fully saturated rings. The molecule has 2 heterocycles. The van der Waals surface area contributed by atoms with Gasteiger partial charge in [0.25, 0.3) is 5.91 Å². The maximum Gasteiger partial charge on any atom is 0.325 e. The number of fused-ring (bicyclic) bond motifs is 1. The Hall–Kier alpha value is -3.02. The Morgan fingerprint density at radius 2 is 1.76 bits per heavy atom. The lowest BCUT2D eigenvalue weighted by Gasteiger charge is -2.25. The number of nitrogens with zero attached hydrogens (tertiary/aromatic N) is 1. The minimum absolute atomic E-state index is 0.242.